The Morgan fingerprint density at radius 2 is 1.94 bits per heavy atom. The molecule has 0 unspecified atom stereocenters. The number of hydrogen-bond acceptors (Lipinski definition) is 4. The van der Waals surface area contributed by atoms with Crippen LogP contribution in [0.15, 0.2) is 17.0 Å². The van der Waals surface area contributed by atoms with Crippen molar-refractivity contribution < 1.29 is 9.66 Å². The molecule has 0 aliphatic carbocycles. The third kappa shape index (κ3) is 2.91. The van der Waals surface area contributed by atoms with Crippen molar-refractivity contribution in [1.29, 1.82) is 0 Å². The largest absolute Gasteiger partial charge is 0.489 e. The van der Waals surface area contributed by atoms with Gasteiger partial charge in [-0.25, -0.2) is 0 Å². The lowest BCUT2D eigenvalue weighted by atomic mass is 9.87. The summed E-state index contributed by atoms with van der Waals surface area (Å²) >= 11 is 1.45. The molecule has 1 rings (SSSR count). The number of nitro benzene ring substituents is 1. The Balaban J connectivity index is 3.51. The molecule has 0 aliphatic heterocycles. The summed E-state index contributed by atoms with van der Waals surface area (Å²) in [5.74, 6) is 0.343. The lowest BCUT2D eigenvalue weighted by molar-refractivity contribution is -0.386. The van der Waals surface area contributed by atoms with E-state index in [0.717, 1.165) is 10.5 Å². The minimum atomic E-state index is -0.395. The normalized spacial score (nSPS) is 11.4. The van der Waals surface area contributed by atoms with Gasteiger partial charge in [-0.3, -0.25) is 10.1 Å². The standard InChI is InChI=1S/C12H17NO3S/c1-12(2,3)8-6-9(13(14)15)11(16-4)10(7-8)17-5/h6-7H,1-5H3. The Hall–Kier alpha value is -1.23. The van der Waals surface area contributed by atoms with Crippen molar-refractivity contribution in [2.75, 3.05) is 13.4 Å². The van der Waals surface area contributed by atoms with Crippen molar-refractivity contribution >= 4 is 17.4 Å². The molecule has 0 aliphatic rings. The number of benzene rings is 1. The number of methoxy groups -OCH3 is 1. The van der Waals surface area contributed by atoms with Crippen LogP contribution >= 0.6 is 11.8 Å². The highest BCUT2D eigenvalue weighted by Crippen LogP contribution is 2.40. The van der Waals surface area contributed by atoms with Crippen LogP contribution in [0.5, 0.6) is 5.75 Å². The lowest BCUT2D eigenvalue weighted by Gasteiger charge is -2.20. The van der Waals surface area contributed by atoms with Crippen LogP contribution in [-0.2, 0) is 5.41 Å². The number of rotatable bonds is 3. The van der Waals surface area contributed by atoms with Gasteiger partial charge in [0.25, 0.3) is 0 Å². The maximum absolute atomic E-state index is 11.0. The monoisotopic (exact) mass is 255 g/mol. The number of ether oxygens (including phenoxy) is 1. The number of thioether (sulfide) groups is 1. The fraction of sp³-hybridized carbons (Fsp3) is 0.500. The molecule has 0 aromatic heterocycles. The summed E-state index contributed by atoms with van der Waals surface area (Å²) in [4.78, 5) is 11.4. The highest BCUT2D eigenvalue weighted by molar-refractivity contribution is 7.98. The topological polar surface area (TPSA) is 52.4 Å². The van der Waals surface area contributed by atoms with E-state index in [9.17, 15) is 10.1 Å². The zero-order chi connectivity index (χ0) is 13.2. The average Bonchev–Trinajstić information content (AvgIpc) is 2.25. The molecule has 1 aromatic rings. The van der Waals surface area contributed by atoms with E-state index in [1.807, 2.05) is 33.1 Å². The van der Waals surface area contributed by atoms with E-state index in [-0.39, 0.29) is 11.1 Å². The Morgan fingerprint density at radius 1 is 1.35 bits per heavy atom. The number of hydrogen-bond donors (Lipinski definition) is 0. The minimum absolute atomic E-state index is 0.0317. The Bertz CT molecular complexity index is 438. The summed E-state index contributed by atoms with van der Waals surface area (Å²) in [5.41, 5.74) is 0.847. The highest BCUT2D eigenvalue weighted by Gasteiger charge is 2.24. The fourth-order valence-corrected chi connectivity index (χ4v) is 2.13. The summed E-state index contributed by atoms with van der Waals surface area (Å²) in [6.45, 7) is 6.09. The Kier molecular flexibility index (Phi) is 4.03. The van der Waals surface area contributed by atoms with Gasteiger partial charge in [-0.1, -0.05) is 20.8 Å². The van der Waals surface area contributed by atoms with Crippen LogP contribution < -0.4 is 4.74 Å². The van der Waals surface area contributed by atoms with Gasteiger partial charge in [0.2, 0.25) is 5.75 Å². The zero-order valence-electron chi connectivity index (χ0n) is 10.7. The van der Waals surface area contributed by atoms with Crippen molar-refractivity contribution in [2.24, 2.45) is 0 Å². The van der Waals surface area contributed by atoms with Gasteiger partial charge in [-0.15, -0.1) is 11.8 Å². The molecular formula is C12H17NO3S. The van der Waals surface area contributed by atoms with Crippen LogP contribution in [-0.4, -0.2) is 18.3 Å². The van der Waals surface area contributed by atoms with Gasteiger partial charge in [0.15, 0.2) is 0 Å². The van der Waals surface area contributed by atoms with Crippen molar-refractivity contribution in [1.82, 2.24) is 0 Å². The molecule has 94 valence electrons. The molecule has 0 bridgehead atoms. The van der Waals surface area contributed by atoms with E-state index in [4.69, 9.17) is 4.74 Å². The summed E-state index contributed by atoms with van der Waals surface area (Å²) in [7, 11) is 1.46. The molecule has 0 fully saturated rings. The molecule has 0 spiro atoms. The molecule has 4 nitrogen and oxygen atoms in total. The van der Waals surface area contributed by atoms with Gasteiger partial charge in [-0.2, -0.15) is 0 Å². The zero-order valence-corrected chi connectivity index (χ0v) is 11.6. The Morgan fingerprint density at radius 3 is 2.29 bits per heavy atom. The highest BCUT2D eigenvalue weighted by atomic mass is 32.2. The van der Waals surface area contributed by atoms with E-state index in [0.29, 0.717) is 5.75 Å². The van der Waals surface area contributed by atoms with Crippen LogP contribution in [0.3, 0.4) is 0 Å². The van der Waals surface area contributed by atoms with E-state index in [1.54, 1.807) is 6.07 Å². The van der Waals surface area contributed by atoms with Gasteiger partial charge in [0, 0.05) is 6.07 Å². The van der Waals surface area contributed by atoms with Crippen LogP contribution in [0.25, 0.3) is 0 Å². The number of nitrogens with zero attached hydrogens (tertiary/aromatic N) is 1. The molecule has 0 saturated heterocycles. The first-order chi connectivity index (χ1) is 7.81. The van der Waals surface area contributed by atoms with E-state index in [1.165, 1.54) is 18.9 Å². The first-order valence-electron chi connectivity index (χ1n) is 5.22. The van der Waals surface area contributed by atoms with Crippen molar-refractivity contribution in [3.63, 3.8) is 0 Å². The predicted molar refractivity (Wildman–Crippen MR) is 70.1 cm³/mol. The third-order valence-electron chi connectivity index (χ3n) is 2.52. The SMILES string of the molecule is COc1c(SC)cc(C(C)(C)C)cc1[N+](=O)[O-]. The second-order valence-corrected chi connectivity index (χ2v) is 5.59. The van der Waals surface area contributed by atoms with Gasteiger partial charge in [0.05, 0.1) is 16.9 Å². The molecular weight excluding hydrogens is 238 g/mol. The maximum atomic E-state index is 11.0. The van der Waals surface area contributed by atoms with Crippen LogP contribution in [0, 0.1) is 10.1 Å². The van der Waals surface area contributed by atoms with Gasteiger partial charge < -0.3 is 4.74 Å². The van der Waals surface area contributed by atoms with Crippen LogP contribution in [0.2, 0.25) is 0 Å². The predicted octanol–water partition coefficient (Wildman–Crippen LogP) is 3.62. The van der Waals surface area contributed by atoms with E-state index in [2.05, 4.69) is 0 Å². The summed E-state index contributed by atoms with van der Waals surface area (Å²) in [6.07, 6.45) is 1.88. The lowest BCUT2D eigenvalue weighted by Crippen LogP contribution is -2.12. The molecule has 0 saturated carbocycles. The average molecular weight is 255 g/mol. The van der Waals surface area contributed by atoms with Crippen LogP contribution in [0.4, 0.5) is 5.69 Å². The molecule has 1 aromatic carbocycles. The van der Waals surface area contributed by atoms with E-state index >= 15 is 0 Å². The van der Waals surface area contributed by atoms with Crippen LogP contribution in [0.1, 0.15) is 26.3 Å². The first kappa shape index (κ1) is 13.8. The van der Waals surface area contributed by atoms with Crippen molar-refractivity contribution in [2.45, 2.75) is 31.1 Å². The molecule has 17 heavy (non-hydrogen) atoms. The molecule has 0 radical (unpaired) electrons. The Labute approximate surface area is 106 Å². The van der Waals surface area contributed by atoms with Crippen molar-refractivity contribution in [3.05, 3.63) is 27.8 Å². The summed E-state index contributed by atoms with van der Waals surface area (Å²) in [6, 6.07) is 3.55. The van der Waals surface area contributed by atoms with Gasteiger partial charge >= 0.3 is 5.69 Å². The van der Waals surface area contributed by atoms with E-state index < -0.39 is 4.92 Å². The second kappa shape index (κ2) is 4.96. The van der Waals surface area contributed by atoms with Crippen molar-refractivity contribution in [3.8, 4) is 5.75 Å². The molecule has 5 heteroatoms. The quantitative estimate of drug-likeness (QED) is 0.470. The van der Waals surface area contributed by atoms with Gasteiger partial charge in [0.1, 0.15) is 0 Å². The molecule has 0 heterocycles. The summed E-state index contributed by atoms with van der Waals surface area (Å²) < 4.78 is 5.13. The second-order valence-electron chi connectivity index (χ2n) is 4.74. The number of nitro groups is 1. The van der Waals surface area contributed by atoms with Gasteiger partial charge in [-0.05, 0) is 23.3 Å². The first-order valence-corrected chi connectivity index (χ1v) is 6.44. The molecule has 0 N–H and O–H groups in total. The third-order valence-corrected chi connectivity index (χ3v) is 3.27. The maximum Gasteiger partial charge on any atom is 0.312 e. The smallest absolute Gasteiger partial charge is 0.312 e. The minimum Gasteiger partial charge on any atom is -0.489 e. The molecule has 0 amide bonds. The summed E-state index contributed by atoms with van der Waals surface area (Å²) in [5, 5.41) is 11.0. The molecule has 0 atom stereocenters. The fourth-order valence-electron chi connectivity index (χ4n) is 1.51.